The predicted molar refractivity (Wildman–Crippen MR) is 96.3 cm³/mol. The molecule has 0 saturated carbocycles. The van der Waals surface area contributed by atoms with E-state index in [0.29, 0.717) is 17.9 Å². The molecule has 0 spiro atoms. The molecule has 142 valence electrons. The maximum absolute atomic E-state index is 12.2. The van der Waals surface area contributed by atoms with Crippen molar-refractivity contribution in [3.8, 4) is 11.8 Å². The lowest BCUT2D eigenvalue weighted by Gasteiger charge is -2.19. The van der Waals surface area contributed by atoms with Gasteiger partial charge in [-0.05, 0) is 50.5 Å². The van der Waals surface area contributed by atoms with Crippen molar-refractivity contribution in [2.24, 2.45) is 5.92 Å². The standard InChI is InChI=1S/C19H26N2O5/c1-12(2)11-19(4,25)10-9-14-5-7-15(8-6-14)17(23)20-16(13(3)22)18(24)21-26/h5-8,12-13,16,22,25-26H,11H2,1-4H3,(H,20,23)(H,21,24). The minimum absolute atomic E-state index is 0.265. The van der Waals surface area contributed by atoms with E-state index in [1.807, 2.05) is 13.8 Å². The topological polar surface area (TPSA) is 119 Å². The molecule has 3 unspecified atom stereocenters. The fraction of sp³-hybridized carbons (Fsp3) is 0.474. The lowest BCUT2D eigenvalue weighted by Crippen LogP contribution is -2.51. The number of carbonyl (C=O) groups is 2. The summed E-state index contributed by atoms with van der Waals surface area (Å²) in [4.78, 5) is 23.6. The fourth-order valence-electron chi connectivity index (χ4n) is 2.46. The summed E-state index contributed by atoms with van der Waals surface area (Å²) in [6.45, 7) is 6.98. The van der Waals surface area contributed by atoms with Crippen LogP contribution < -0.4 is 10.8 Å². The van der Waals surface area contributed by atoms with E-state index in [2.05, 4.69) is 17.2 Å². The highest BCUT2D eigenvalue weighted by molar-refractivity contribution is 5.97. The van der Waals surface area contributed by atoms with Crippen LogP contribution in [0.5, 0.6) is 0 Å². The molecular weight excluding hydrogens is 336 g/mol. The molecular formula is C19H26N2O5. The quantitative estimate of drug-likeness (QED) is 0.292. The summed E-state index contributed by atoms with van der Waals surface area (Å²) in [7, 11) is 0. The molecule has 2 amide bonds. The van der Waals surface area contributed by atoms with Crippen molar-refractivity contribution in [2.45, 2.75) is 51.9 Å². The molecule has 0 aliphatic rings. The van der Waals surface area contributed by atoms with Crippen LogP contribution in [0.15, 0.2) is 24.3 Å². The summed E-state index contributed by atoms with van der Waals surface area (Å²) >= 11 is 0. The first-order chi connectivity index (χ1) is 12.1. The zero-order valence-corrected chi connectivity index (χ0v) is 15.4. The van der Waals surface area contributed by atoms with E-state index in [1.54, 1.807) is 19.1 Å². The minimum Gasteiger partial charge on any atom is -0.391 e. The van der Waals surface area contributed by atoms with E-state index in [0.717, 1.165) is 0 Å². The molecule has 0 fully saturated rings. The van der Waals surface area contributed by atoms with Crippen LogP contribution in [-0.4, -0.2) is 45.0 Å². The van der Waals surface area contributed by atoms with Gasteiger partial charge in [-0.1, -0.05) is 25.7 Å². The van der Waals surface area contributed by atoms with Crippen molar-refractivity contribution in [3.05, 3.63) is 35.4 Å². The molecule has 3 atom stereocenters. The number of benzene rings is 1. The van der Waals surface area contributed by atoms with Crippen LogP contribution in [0.4, 0.5) is 0 Å². The van der Waals surface area contributed by atoms with Crippen LogP contribution in [0, 0.1) is 17.8 Å². The molecule has 0 aliphatic heterocycles. The van der Waals surface area contributed by atoms with Gasteiger partial charge < -0.3 is 15.5 Å². The van der Waals surface area contributed by atoms with Gasteiger partial charge in [0.2, 0.25) is 0 Å². The normalized spacial score (nSPS) is 15.2. The van der Waals surface area contributed by atoms with Crippen LogP contribution in [-0.2, 0) is 4.79 Å². The number of aliphatic hydroxyl groups excluding tert-OH is 1. The van der Waals surface area contributed by atoms with Crippen LogP contribution in [0.2, 0.25) is 0 Å². The van der Waals surface area contributed by atoms with E-state index < -0.39 is 29.6 Å². The van der Waals surface area contributed by atoms with Crippen molar-refractivity contribution in [2.75, 3.05) is 0 Å². The van der Waals surface area contributed by atoms with Crippen molar-refractivity contribution in [1.82, 2.24) is 10.8 Å². The molecule has 1 rings (SSSR count). The Balaban J connectivity index is 2.84. The highest BCUT2D eigenvalue weighted by Gasteiger charge is 2.25. The lowest BCUT2D eigenvalue weighted by molar-refractivity contribution is -0.133. The van der Waals surface area contributed by atoms with Gasteiger partial charge in [0.25, 0.3) is 11.8 Å². The van der Waals surface area contributed by atoms with Crippen LogP contribution in [0.3, 0.4) is 0 Å². The first-order valence-electron chi connectivity index (χ1n) is 8.34. The van der Waals surface area contributed by atoms with Crippen molar-refractivity contribution in [1.29, 1.82) is 0 Å². The molecule has 0 bridgehead atoms. The van der Waals surface area contributed by atoms with Gasteiger partial charge >= 0.3 is 0 Å². The molecule has 7 heteroatoms. The lowest BCUT2D eigenvalue weighted by atomic mass is 9.94. The average molecular weight is 362 g/mol. The highest BCUT2D eigenvalue weighted by Crippen LogP contribution is 2.15. The Hall–Kier alpha value is -2.40. The minimum atomic E-state index is -1.28. The maximum Gasteiger partial charge on any atom is 0.268 e. The Kier molecular flexibility index (Phi) is 7.77. The number of hydroxylamine groups is 1. The number of rotatable bonds is 6. The Labute approximate surface area is 153 Å². The summed E-state index contributed by atoms with van der Waals surface area (Å²) in [5.41, 5.74) is 1.21. The average Bonchev–Trinajstić information content (AvgIpc) is 2.56. The van der Waals surface area contributed by atoms with Gasteiger partial charge in [-0.2, -0.15) is 0 Å². The second-order valence-electron chi connectivity index (χ2n) is 6.87. The van der Waals surface area contributed by atoms with E-state index in [1.165, 1.54) is 24.5 Å². The molecule has 0 heterocycles. The first-order valence-corrected chi connectivity index (χ1v) is 8.34. The Bertz CT molecular complexity index is 684. The summed E-state index contributed by atoms with van der Waals surface area (Å²) in [6.07, 6.45) is -0.631. The fourth-order valence-corrected chi connectivity index (χ4v) is 2.46. The zero-order valence-electron chi connectivity index (χ0n) is 15.4. The number of hydrogen-bond acceptors (Lipinski definition) is 5. The second-order valence-corrected chi connectivity index (χ2v) is 6.87. The monoisotopic (exact) mass is 362 g/mol. The van der Waals surface area contributed by atoms with Gasteiger partial charge in [-0.3, -0.25) is 14.8 Å². The van der Waals surface area contributed by atoms with Crippen LogP contribution >= 0.6 is 0 Å². The predicted octanol–water partition coefficient (Wildman–Crippen LogP) is 0.820. The Morgan fingerprint density at radius 3 is 2.23 bits per heavy atom. The van der Waals surface area contributed by atoms with Crippen LogP contribution in [0.1, 0.15) is 50.0 Å². The molecule has 1 aromatic rings. The maximum atomic E-state index is 12.2. The van der Waals surface area contributed by atoms with Gasteiger partial charge in [0.05, 0.1) is 6.10 Å². The third-order valence-electron chi connectivity index (χ3n) is 3.59. The SMILES string of the molecule is CC(C)CC(C)(O)C#Cc1ccc(C(=O)NC(C(=O)NO)C(C)O)cc1. The van der Waals surface area contributed by atoms with Gasteiger partial charge in [-0.15, -0.1) is 0 Å². The summed E-state index contributed by atoms with van der Waals surface area (Å²) < 4.78 is 0. The summed E-state index contributed by atoms with van der Waals surface area (Å²) in [6, 6.07) is 5.00. The largest absolute Gasteiger partial charge is 0.391 e. The van der Waals surface area contributed by atoms with Crippen molar-refractivity contribution >= 4 is 11.8 Å². The molecule has 7 nitrogen and oxygen atoms in total. The van der Waals surface area contributed by atoms with Gasteiger partial charge in [-0.25, -0.2) is 5.48 Å². The van der Waals surface area contributed by atoms with Crippen molar-refractivity contribution in [3.63, 3.8) is 0 Å². The van der Waals surface area contributed by atoms with Gasteiger partial charge in [0.1, 0.15) is 11.6 Å². The molecule has 0 radical (unpaired) electrons. The summed E-state index contributed by atoms with van der Waals surface area (Å²) in [5.74, 6) is 4.51. The van der Waals surface area contributed by atoms with Gasteiger partial charge in [0, 0.05) is 11.1 Å². The second kappa shape index (κ2) is 9.34. The summed E-state index contributed by atoms with van der Waals surface area (Å²) in [5, 5.41) is 30.7. The number of nitrogens with one attached hydrogen (secondary N) is 2. The van der Waals surface area contributed by atoms with Crippen molar-refractivity contribution < 1.29 is 25.0 Å². The number of amides is 2. The van der Waals surface area contributed by atoms with E-state index in [4.69, 9.17) is 5.21 Å². The number of aliphatic hydroxyl groups is 2. The first kappa shape index (κ1) is 21.6. The van der Waals surface area contributed by atoms with E-state index in [9.17, 15) is 19.8 Å². The van der Waals surface area contributed by atoms with E-state index in [-0.39, 0.29) is 5.56 Å². The third kappa shape index (κ3) is 6.84. The molecule has 1 aromatic carbocycles. The van der Waals surface area contributed by atoms with Gasteiger partial charge in [0.15, 0.2) is 0 Å². The van der Waals surface area contributed by atoms with E-state index >= 15 is 0 Å². The molecule has 0 aliphatic carbocycles. The molecule has 0 aromatic heterocycles. The third-order valence-corrected chi connectivity index (χ3v) is 3.59. The Morgan fingerprint density at radius 2 is 1.77 bits per heavy atom. The zero-order chi connectivity index (χ0) is 19.9. The highest BCUT2D eigenvalue weighted by atomic mass is 16.5. The molecule has 26 heavy (non-hydrogen) atoms. The number of carbonyl (C=O) groups excluding carboxylic acids is 2. The number of hydrogen-bond donors (Lipinski definition) is 5. The molecule has 0 saturated heterocycles. The smallest absolute Gasteiger partial charge is 0.268 e. The Morgan fingerprint density at radius 1 is 1.19 bits per heavy atom. The molecule has 5 N–H and O–H groups in total. The van der Waals surface area contributed by atoms with Crippen LogP contribution in [0.25, 0.3) is 0 Å².